The van der Waals surface area contributed by atoms with Crippen molar-refractivity contribution in [2.75, 3.05) is 6.79 Å². The molecule has 0 aliphatic carbocycles. The van der Waals surface area contributed by atoms with Crippen LogP contribution in [0.3, 0.4) is 0 Å². The lowest BCUT2D eigenvalue weighted by molar-refractivity contribution is -0.150. The number of ether oxygens (including phenoxy) is 2. The van der Waals surface area contributed by atoms with Gasteiger partial charge in [0.1, 0.15) is 10.7 Å². The van der Waals surface area contributed by atoms with Crippen molar-refractivity contribution in [2.24, 2.45) is 0 Å². The van der Waals surface area contributed by atoms with Crippen LogP contribution in [0.4, 0.5) is 0 Å². The van der Waals surface area contributed by atoms with Crippen molar-refractivity contribution in [1.82, 2.24) is 34.9 Å². The molecule has 4 aromatic rings. The largest absolute Gasteiger partial charge is 0.481 e. The predicted molar refractivity (Wildman–Crippen MR) is 163 cm³/mol. The minimum atomic E-state index is -1.22. The molecule has 0 fully saturated rings. The standard InChI is InChI=1S/C31H35N7O8/c1-31(2,3)27-21(32-17-33-27)15-23-29(35-22(28(42)34-23)14-19-8-5-4-6-9-19)46-18-45-26(41)11-7-10-20-16-38(37-36-20)24(30(43)44)12-13-25(39)40/h4-6,8-9,14-17,24H,7,10-13,18H2,1-3H3,(H,32,33)(H,34,42)(H,39,40)(H,43,44)/b22-14-,23-15-/t24-/m1/s1. The first-order chi connectivity index (χ1) is 21.9. The first-order valence-corrected chi connectivity index (χ1v) is 14.5. The molecular weight excluding hydrogens is 598 g/mol. The number of carboxylic acids is 2. The molecule has 0 bridgehead atoms. The quantitative estimate of drug-likeness (QED) is 0.115. The SMILES string of the molecule is CC(C)(C)c1[nH]cnc1/C=c1\[nH]c(=O)/c(=C/c2ccccc2)nc1OCOC(=O)CCCc1cn([C@H](CCC(=O)O)C(=O)O)nn1. The van der Waals surface area contributed by atoms with Gasteiger partial charge in [-0.05, 0) is 37.0 Å². The van der Waals surface area contributed by atoms with Crippen LogP contribution in [-0.4, -0.2) is 69.8 Å². The molecule has 46 heavy (non-hydrogen) atoms. The first-order valence-electron chi connectivity index (χ1n) is 14.5. The molecule has 0 aliphatic rings. The second kappa shape index (κ2) is 14.9. The van der Waals surface area contributed by atoms with Crippen LogP contribution in [0, 0.1) is 0 Å². The van der Waals surface area contributed by atoms with Gasteiger partial charge in [-0.3, -0.25) is 14.4 Å². The average Bonchev–Trinajstić information content (AvgIpc) is 3.66. The van der Waals surface area contributed by atoms with Gasteiger partial charge >= 0.3 is 17.9 Å². The lowest BCUT2D eigenvalue weighted by Crippen LogP contribution is -2.38. The molecule has 3 heterocycles. The molecule has 0 amide bonds. The number of aliphatic carboxylic acids is 2. The van der Waals surface area contributed by atoms with E-state index in [1.165, 1.54) is 6.20 Å². The van der Waals surface area contributed by atoms with Crippen molar-refractivity contribution in [3.63, 3.8) is 0 Å². The summed E-state index contributed by atoms with van der Waals surface area (Å²) in [5, 5.41) is 26.3. The summed E-state index contributed by atoms with van der Waals surface area (Å²) in [6, 6.07) is 8.02. The van der Waals surface area contributed by atoms with Crippen LogP contribution < -0.4 is 21.0 Å². The van der Waals surface area contributed by atoms with Crippen LogP contribution in [0.2, 0.25) is 0 Å². The number of aromatic amines is 2. The highest BCUT2D eigenvalue weighted by Crippen LogP contribution is 2.23. The summed E-state index contributed by atoms with van der Waals surface area (Å²) in [6.45, 7) is 5.58. The van der Waals surface area contributed by atoms with Gasteiger partial charge in [0.25, 0.3) is 5.56 Å². The Hall–Kier alpha value is -5.60. The summed E-state index contributed by atoms with van der Waals surface area (Å²) in [5.41, 5.74) is 1.92. The maximum absolute atomic E-state index is 13.0. The minimum absolute atomic E-state index is 0.00484. The van der Waals surface area contributed by atoms with Gasteiger partial charge in [0.15, 0.2) is 6.04 Å². The normalized spacial score (nSPS) is 13.0. The molecule has 4 N–H and O–H groups in total. The zero-order valence-corrected chi connectivity index (χ0v) is 25.6. The Bertz CT molecular complexity index is 1860. The Labute approximate surface area is 262 Å². The lowest BCUT2D eigenvalue weighted by Gasteiger charge is -2.17. The van der Waals surface area contributed by atoms with Gasteiger partial charge in [-0.2, -0.15) is 0 Å². The van der Waals surface area contributed by atoms with Crippen molar-refractivity contribution < 1.29 is 34.1 Å². The second-order valence-electron chi connectivity index (χ2n) is 11.4. The predicted octanol–water partition coefficient (Wildman–Crippen LogP) is 1.43. The molecule has 0 saturated carbocycles. The Kier molecular flexibility index (Phi) is 10.8. The summed E-state index contributed by atoms with van der Waals surface area (Å²) in [4.78, 5) is 62.5. The van der Waals surface area contributed by atoms with Gasteiger partial charge in [-0.1, -0.05) is 56.3 Å². The van der Waals surface area contributed by atoms with E-state index >= 15 is 0 Å². The van der Waals surface area contributed by atoms with Crippen LogP contribution in [0.5, 0.6) is 5.88 Å². The van der Waals surface area contributed by atoms with Gasteiger partial charge < -0.3 is 29.7 Å². The number of nitrogens with zero attached hydrogens (tertiary/aromatic N) is 5. The Morgan fingerprint density at radius 1 is 1.09 bits per heavy atom. The second-order valence-corrected chi connectivity index (χ2v) is 11.4. The number of hydrogen-bond donors (Lipinski definition) is 4. The Morgan fingerprint density at radius 2 is 1.85 bits per heavy atom. The van der Waals surface area contributed by atoms with E-state index in [0.717, 1.165) is 15.9 Å². The topological polar surface area (TPSA) is 215 Å². The van der Waals surface area contributed by atoms with E-state index in [2.05, 4.69) is 30.2 Å². The molecule has 1 atom stereocenters. The number of carbonyl (C=O) groups is 3. The highest BCUT2D eigenvalue weighted by molar-refractivity contribution is 5.73. The highest BCUT2D eigenvalue weighted by atomic mass is 16.7. The molecule has 0 radical (unpaired) electrons. The molecule has 0 spiro atoms. The number of rotatable bonds is 14. The smallest absolute Gasteiger partial charge is 0.328 e. The molecule has 242 valence electrons. The molecule has 15 heteroatoms. The monoisotopic (exact) mass is 633 g/mol. The summed E-state index contributed by atoms with van der Waals surface area (Å²) >= 11 is 0. The van der Waals surface area contributed by atoms with Gasteiger partial charge in [0.05, 0.1) is 17.7 Å². The first kappa shape index (κ1) is 33.3. The van der Waals surface area contributed by atoms with E-state index in [9.17, 15) is 24.3 Å². The summed E-state index contributed by atoms with van der Waals surface area (Å²) < 4.78 is 12.1. The number of nitrogens with one attached hydrogen (secondary N) is 2. The fourth-order valence-corrected chi connectivity index (χ4v) is 4.47. The minimum Gasteiger partial charge on any atom is -0.481 e. The fraction of sp³-hybridized carbons (Fsp3) is 0.355. The third-order valence-corrected chi connectivity index (χ3v) is 6.76. The van der Waals surface area contributed by atoms with Crippen LogP contribution in [0.25, 0.3) is 12.2 Å². The number of carboxylic acid groups (broad SMARTS) is 2. The summed E-state index contributed by atoms with van der Waals surface area (Å²) in [7, 11) is 0. The number of imidazole rings is 1. The van der Waals surface area contributed by atoms with E-state index in [1.807, 2.05) is 51.1 Å². The van der Waals surface area contributed by atoms with Gasteiger partial charge in [0, 0.05) is 30.1 Å². The number of hydrogen-bond acceptors (Lipinski definition) is 10. The molecule has 3 aromatic heterocycles. The zero-order chi connectivity index (χ0) is 33.3. The van der Waals surface area contributed by atoms with Crippen LogP contribution in [-0.2, 0) is 31.0 Å². The fourth-order valence-electron chi connectivity index (χ4n) is 4.47. The number of aromatic nitrogens is 7. The van der Waals surface area contributed by atoms with Crippen LogP contribution in [0.15, 0.2) is 47.7 Å². The maximum Gasteiger partial charge on any atom is 0.328 e. The van der Waals surface area contributed by atoms with E-state index < -0.39 is 36.3 Å². The number of aryl methyl sites for hydroxylation is 1. The molecule has 4 rings (SSSR count). The Morgan fingerprint density at radius 3 is 2.54 bits per heavy atom. The van der Waals surface area contributed by atoms with Crippen molar-refractivity contribution in [3.8, 4) is 5.88 Å². The lowest BCUT2D eigenvalue weighted by atomic mass is 9.90. The van der Waals surface area contributed by atoms with Gasteiger partial charge in [-0.15, -0.1) is 5.10 Å². The molecule has 15 nitrogen and oxygen atoms in total. The Balaban J connectivity index is 1.43. The summed E-state index contributed by atoms with van der Waals surface area (Å²) in [6.07, 6.45) is 6.38. The van der Waals surface area contributed by atoms with Gasteiger partial charge in [-0.25, -0.2) is 19.4 Å². The van der Waals surface area contributed by atoms with E-state index in [0.29, 0.717) is 24.2 Å². The zero-order valence-electron chi connectivity index (χ0n) is 25.6. The number of H-pyrrole nitrogens is 2. The molecule has 1 aromatic carbocycles. The van der Waals surface area contributed by atoms with Crippen molar-refractivity contribution in [2.45, 2.75) is 64.3 Å². The number of benzene rings is 1. The molecule has 0 unspecified atom stereocenters. The third-order valence-electron chi connectivity index (χ3n) is 6.76. The molecule has 0 saturated heterocycles. The van der Waals surface area contributed by atoms with Crippen molar-refractivity contribution >= 4 is 30.1 Å². The number of esters is 1. The molecular formula is C31H35N7O8. The van der Waals surface area contributed by atoms with Crippen LogP contribution in [0.1, 0.15) is 75.1 Å². The van der Waals surface area contributed by atoms with Gasteiger partial charge in [0.2, 0.25) is 12.7 Å². The maximum atomic E-state index is 13.0. The molecule has 0 aliphatic heterocycles. The highest BCUT2D eigenvalue weighted by Gasteiger charge is 2.23. The number of carbonyl (C=O) groups excluding carboxylic acids is 1. The van der Waals surface area contributed by atoms with E-state index in [4.69, 9.17) is 14.6 Å². The third kappa shape index (κ3) is 9.20. The summed E-state index contributed by atoms with van der Waals surface area (Å²) in [5.74, 6) is -2.86. The van der Waals surface area contributed by atoms with Crippen molar-refractivity contribution in [3.05, 3.63) is 86.6 Å². The van der Waals surface area contributed by atoms with Crippen LogP contribution >= 0.6 is 0 Å². The van der Waals surface area contributed by atoms with E-state index in [-0.39, 0.29) is 41.3 Å². The van der Waals surface area contributed by atoms with Crippen molar-refractivity contribution in [1.29, 1.82) is 0 Å². The average molecular weight is 634 g/mol. The van der Waals surface area contributed by atoms with E-state index in [1.54, 1.807) is 18.5 Å².